The number of nitrogens with zero attached hydrogens (tertiary/aromatic N) is 3. The third-order valence-corrected chi connectivity index (χ3v) is 9.29. The lowest BCUT2D eigenvalue weighted by molar-refractivity contribution is 0.599. The minimum absolute atomic E-state index is 0.134. The number of aromatic nitrogens is 3. The van der Waals surface area contributed by atoms with Crippen LogP contribution in [-0.4, -0.2) is 24.9 Å². The zero-order valence-corrected chi connectivity index (χ0v) is 19.2. The van der Waals surface area contributed by atoms with Crippen molar-refractivity contribution < 1.29 is 8.42 Å². The van der Waals surface area contributed by atoms with E-state index in [1.807, 2.05) is 26.8 Å². The van der Waals surface area contributed by atoms with Crippen LogP contribution in [-0.2, 0) is 9.84 Å². The van der Waals surface area contributed by atoms with Gasteiger partial charge in [0.05, 0.1) is 10.6 Å². The van der Waals surface area contributed by atoms with E-state index in [9.17, 15) is 8.42 Å². The molecule has 2 aromatic carbocycles. The molecule has 0 bridgehead atoms. The van der Waals surface area contributed by atoms with Crippen LogP contribution in [0.4, 0.5) is 0 Å². The maximum absolute atomic E-state index is 12.5. The Labute approximate surface area is 171 Å². The molecular weight excluding hydrogens is 538 g/mol. The minimum atomic E-state index is -3.67. The number of hydrogen-bond donors (Lipinski definition) is 0. The zero-order chi connectivity index (χ0) is 18.6. The molecule has 1 aromatic heterocycles. The molecule has 0 saturated heterocycles. The van der Waals surface area contributed by atoms with E-state index in [0.29, 0.717) is 11.0 Å². The highest BCUT2D eigenvalue weighted by Gasteiger charge is 2.37. The van der Waals surface area contributed by atoms with Gasteiger partial charge in [0.2, 0.25) is 11.3 Å². The molecule has 9 heteroatoms. The molecule has 0 saturated carbocycles. The van der Waals surface area contributed by atoms with E-state index in [1.165, 1.54) is 12.1 Å². The first kappa shape index (κ1) is 19.0. The molecule has 3 aromatic rings. The predicted molar refractivity (Wildman–Crippen MR) is 110 cm³/mol. The Morgan fingerprint density at radius 2 is 1.60 bits per heavy atom. The second kappa shape index (κ2) is 6.44. The van der Waals surface area contributed by atoms with E-state index >= 15 is 0 Å². The van der Waals surface area contributed by atoms with Gasteiger partial charge < -0.3 is 0 Å². The monoisotopic (exact) mass is 549 g/mol. The first-order chi connectivity index (χ1) is 11.5. The van der Waals surface area contributed by atoms with Crippen molar-refractivity contribution in [3.8, 4) is 5.69 Å². The molecule has 0 fully saturated rings. The summed E-state index contributed by atoms with van der Waals surface area (Å²) < 4.78 is 23.6. The van der Waals surface area contributed by atoms with Gasteiger partial charge >= 0.3 is 0 Å². The van der Waals surface area contributed by atoms with Crippen molar-refractivity contribution in [1.29, 1.82) is 0 Å². The molecule has 1 heterocycles. The molecule has 0 amide bonds. The molecule has 0 N–H and O–H groups in total. The van der Waals surface area contributed by atoms with Crippen molar-refractivity contribution in [3.63, 3.8) is 0 Å². The number of sulfone groups is 1. The molecular formula is C16H14Br3N3O2S. The lowest BCUT2D eigenvalue weighted by atomic mass is 10.1. The topological polar surface area (TPSA) is 64.8 Å². The van der Waals surface area contributed by atoms with E-state index in [-0.39, 0.29) is 4.90 Å². The Hall–Kier alpha value is -0.770. The van der Waals surface area contributed by atoms with Gasteiger partial charge in [0, 0.05) is 0 Å². The number of hydrogen-bond acceptors (Lipinski definition) is 4. The summed E-state index contributed by atoms with van der Waals surface area (Å²) in [6.45, 7) is 6.08. The van der Waals surface area contributed by atoms with E-state index < -0.39 is 11.3 Å². The highest BCUT2D eigenvalue weighted by Crippen LogP contribution is 2.43. The van der Waals surface area contributed by atoms with Gasteiger partial charge in [-0.05, 0) is 110 Å². The minimum Gasteiger partial charge on any atom is -0.220 e. The van der Waals surface area contributed by atoms with Crippen LogP contribution in [0.2, 0.25) is 0 Å². The van der Waals surface area contributed by atoms with Gasteiger partial charge in [-0.25, -0.2) is 8.42 Å². The number of aryl methyl sites for hydroxylation is 2. The Bertz CT molecular complexity index is 1090. The molecule has 0 unspecified atom stereocenters. The van der Waals surface area contributed by atoms with Crippen molar-refractivity contribution in [3.05, 3.63) is 47.0 Å². The first-order valence-corrected chi connectivity index (χ1v) is 11.1. The second-order valence-corrected chi connectivity index (χ2v) is 16.2. The van der Waals surface area contributed by atoms with Crippen molar-refractivity contribution in [2.24, 2.45) is 0 Å². The van der Waals surface area contributed by atoms with E-state index in [1.54, 1.807) is 10.9 Å². The molecule has 25 heavy (non-hydrogen) atoms. The Morgan fingerprint density at radius 3 is 2.24 bits per heavy atom. The lowest BCUT2D eigenvalue weighted by Crippen LogP contribution is -2.17. The number of halogens is 3. The smallest absolute Gasteiger partial charge is 0.220 e. The largest absolute Gasteiger partial charge is 0.239 e. The van der Waals surface area contributed by atoms with Crippen LogP contribution >= 0.6 is 47.8 Å². The maximum Gasteiger partial charge on any atom is 0.239 e. The maximum atomic E-state index is 12.5. The molecule has 132 valence electrons. The SMILES string of the molecule is Cc1cc(C)c(C)c(-n2nc3ccc(S(=O)(=O)C(Br)(Br)Br)cc3n2)c1. The van der Waals surface area contributed by atoms with E-state index in [4.69, 9.17) is 0 Å². The van der Waals surface area contributed by atoms with Crippen molar-refractivity contribution >= 4 is 68.7 Å². The predicted octanol–water partition coefficient (Wildman–Crippen LogP) is 4.92. The van der Waals surface area contributed by atoms with Gasteiger partial charge in [-0.2, -0.15) is 4.80 Å². The standard InChI is InChI=1S/C16H14Br3N3O2S/c1-9-6-10(2)11(3)15(7-9)22-20-13-5-4-12(8-14(13)21-22)25(23,24)16(17,18)19/h4-8H,1-3H3. The molecule has 0 spiro atoms. The Balaban J connectivity index is 2.17. The van der Waals surface area contributed by atoms with Crippen LogP contribution in [0, 0.1) is 20.8 Å². The number of alkyl halides is 3. The van der Waals surface area contributed by atoms with E-state index in [0.717, 1.165) is 22.4 Å². The average Bonchev–Trinajstić information content (AvgIpc) is 2.92. The normalized spacial score (nSPS) is 12.7. The summed E-state index contributed by atoms with van der Waals surface area (Å²) in [5, 5.41) is 8.96. The van der Waals surface area contributed by atoms with Gasteiger partial charge in [0.15, 0.2) is 0 Å². The molecule has 3 rings (SSSR count). The van der Waals surface area contributed by atoms with Crippen LogP contribution < -0.4 is 0 Å². The van der Waals surface area contributed by atoms with Crippen LogP contribution in [0.5, 0.6) is 0 Å². The van der Waals surface area contributed by atoms with Gasteiger partial charge in [-0.3, -0.25) is 0 Å². The second-order valence-electron chi connectivity index (χ2n) is 5.82. The fourth-order valence-electron chi connectivity index (χ4n) is 2.53. The summed E-state index contributed by atoms with van der Waals surface area (Å²) in [5.74, 6) is 0. The summed E-state index contributed by atoms with van der Waals surface area (Å²) in [4.78, 5) is 1.69. The summed E-state index contributed by atoms with van der Waals surface area (Å²) in [6.07, 6.45) is 0. The van der Waals surface area contributed by atoms with Gasteiger partial charge in [-0.1, -0.05) is 6.07 Å². The quantitative estimate of drug-likeness (QED) is 0.424. The first-order valence-electron chi connectivity index (χ1n) is 7.27. The van der Waals surface area contributed by atoms with E-state index in [2.05, 4.69) is 64.1 Å². The molecule has 5 nitrogen and oxygen atoms in total. The van der Waals surface area contributed by atoms with Crippen LogP contribution in [0.15, 0.2) is 35.2 Å². The Morgan fingerprint density at radius 1 is 0.960 bits per heavy atom. The molecule has 0 radical (unpaired) electrons. The summed E-state index contributed by atoms with van der Waals surface area (Å²) in [5.41, 5.74) is 5.37. The van der Waals surface area contributed by atoms with Crippen LogP contribution in [0.1, 0.15) is 16.7 Å². The average molecular weight is 552 g/mol. The van der Waals surface area contributed by atoms with Gasteiger partial charge in [0.25, 0.3) is 0 Å². The Kier molecular flexibility index (Phi) is 4.89. The van der Waals surface area contributed by atoms with Crippen molar-refractivity contribution in [1.82, 2.24) is 15.0 Å². The summed E-state index contributed by atoms with van der Waals surface area (Å²) in [6, 6.07) is 8.81. The fourth-order valence-corrected chi connectivity index (χ4v) is 4.99. The lowest BCUT2D eigenvalue weighted by Gasteiger charge is -2.13. The number of rotatable bonds is 2. The van der Waals surface area contributed by atoms with Gasteiger partial charge in [0.1, 0.15) is 11.0 Å². The van der Waals surface area contributed by atoms with Crippen LogP contribution in [0.25, 0.3) is 16.7 Å². The molecule has 0 aliphatic carbocycles. The number of fused-ring (bicyclic) bond motifs is 1. The highest BCUT2D eigenvalue weighted by atomic mass is 80.0. The van der Waals surface area contributed by atoms with Gasteiger partial charge in [-0.15, -0.1) is 10.2 Å². The molecule has 0 atom stereocenters. The van der Waals surface area contributed by atoms with Crippen molar-refractivity contribution in [2.75, 3.05) is 0 Å². The fraction of sp³-hybridized carbons (Fsp3) is 0.250. The van der Waals surface area contributed by atoms with Crippen molar-refractivity contribution in [2.45, 2.75) is 27.1 Å². The third-order valence-electron chi connectivity index (χ3n) is 3.97. The summed E-state index contributed by atoms with van der Waals surface area (Å²) in [7, 11) is -3.67. The molecule has 0 aliphatic heterocycles. The molecule has 0 aliphatic rings. The number of benzene rings is 2. The third kappa shape index (κ3) is 3.43. The zero-order valence-electron chi connectivity index (χ0n) is 13.6. The van der Waals surface area contributed by atoms with Crippen LogP contribution in [0.3, 0.4) is 0 Å². The highest BCUT2D eigenvalue weighted by molar-refractivity contribution is 9.42. The summed E-state index contributed by atoms with van der Waals surface area (Å²) >= 11 is 9.22.